The van der Waals surface area contributed by atoms with Gasteiger partial charge in [0, 0.05) is 30.9 Å². The molecule has 0 atom stereocenters. The molecule has 0 unspecified atom stereocenters. The van der Waals surface area contributed by atoms with Crippen LogP contribution in [0.25, 0.3) is 0 Å². The van der Waals surface area contributed by atoms with Gasteiger partial charge in [-0.3, -0.25) is 10.1 Å². The molecule has 1 aromatic heterocycles. The van der Waals surface area contributed by atoms with Crippen LogP contribution in [0.3, 0.4) is 0 Å². The van der Waals surface area contributed by atoms with Crippen molar-refractivity contribution in [1.29, 1.82) is 0 Å². The number of nitro groups is 1. The maximum atomic E-state index is 13.4. The van der Waals surface area contributed by atoms with Crippen molar-refractivity contribution in [1.82, 2.24) is 10.3 Å². The molecule has 0 bridgehead atoms. The van der Waals surface area contributed by atoms with Crippen molar-refractivity contribution in [2.24, 2.45) is 0 Å². The second kappa shape index (κ2) is 6.07. The molecule has 1 heterocycles. The van der Waals surface area contributed by atoms with Crippen LogP contribution in [0.1, 0.15) is 5.56 Å². The van der Waals surface area contributed by atoms with Gasteiger partial charge < -0.3 is 10.1 Å². The zero-order valence-electron chi connectivity index (χ0n) is 10.7. The van der Waals surface area contributed by atoms with Crippen molar-refractivity contribution in [3.8, 4) is 11.6 Å². The van der Waals surface area contributed by atoms with Crippen molar-refractivity contribution in [2.45, 2.75) is 6.54 Å². The number of hydrogen-bond acceptors (Lipinski definition) is 5. The Kier molecular flexibility index (Phi) is 4.21. The van der Waals surface area contributed by atoms with Crippen LogP contribution in [0.15, 0.2) is 36.5 Å². The highest BCUT2D eigenvalue weighted by molar-refractivity contribution is 5.39. The number of rotatable bonds is 5. The van der Waals surface area contributed by atoms with Crippen molar-refractivity contribution >= 4 is 5.69 Å². The molecule has 0 saturated heterocycles. The summed E-state index contributed by atoms with van der Waals surface area (Å²) >= 11 is 0. The first-order valence-electron chi connectivity index (χ1n) is 5.81. The third-order valence-electron chi connectivity index (χ3n) is 2.52. The zero-order chi connectivity index (χ0) is 14.5. The fourth-order valence-electron chi connectivity index (χ4n) is 1.60. The Morgan fingerprint density at radius 1 is 1.40 bits per heavy atom. The smallest absolute Gasteiger partial charge is 0.305 e. The van der Waals surface area contributed by atoms with E-state index in [0.717, 1.165) is 17.7 Å². The SMILES string of the molecule is CNCc1ccc(Oc2ccc([N+](=O)[O-])c(F)c2)nc1. The Hall–Kier alpha value is -2.54. The summed E-state index contributed by atoms with van der Waals surface area (Å²) in [4.78, 5) is 13.8. The summed E-state index contributed by atoms with van der Waals surface area (Å²) in [5.41, 5.74) is 0.393. The van der Waals surface area contributed by atoms with Gasteiger partial charge in [-0.05, 0) is 18.7 Å². The van der Waals surface area contributed by atoms with E-state index in [-0.39, 0.29) is 11.6 Å². The van der Waals surface area contributed by atoms with E-state index in [1.54, 1.807) is 12.3 Å². The van der Waals surface area contributed by atoms with E-state index in [1.807, 2.05) is 13.1 Å². The van der Waals surface area contributed by atoms with Crippen LogP contribution < -0.4 is 10.1 Å². The van der Waals surface area contributed by atoms with Crippen LogP contribution in [0.4, 0.5) is 10.1 Å². The number of aromatic nitrogens is 1. The van der Waals surface area contributed by atoms with Crippen LogP contribution in [0, 0.1) is 15.9 Å². The third kappa shape index (κ3) is 3.27. The molecule has 2 rings (SSSR count). The first-order valence-corrected chi connectivity index (χ1v) is 5.81. The maximum Gasteiger partial charge on any atom is 0.305 e. The van der Waals surface area contributed by atoms with E-state index in [9.17, 15) is 14.5 Å². The van der Waals surface area contributed by atoms with E-state index < -0.39 is 16.4 Å². The maximum absolute atomic E-state index is 13.4. The summed E-state index contributed by atoms with van der Waals surface area (Å²) in [6.45, 7) is 0.680. The molecule has 0 aliphatic carbocycles. The minimum absolute atomic E-state index is 0.155. The molecule has 0 radical (unpaired) electrons. The van der Waals surface area contributed by atoms with E-state index in [4.69, 9.17) is 4.74 Å². The van der Waals surface area contributed by atoms with Gasteiger partial charge in [0.05, 0.1) is 4.92 Å². The lowest BCUT2D eigenvalue weighted by atomic mass is 10.3. The van der Waals surface area contributed by atoms with Crippen LogP contribution in [-0.2, 0) is 6.54 Å². The second-order valence-corrected chi connectivity index (χ2v) is 4.01. The fraction of sp³-hybridized carbons (Fsp3) is 0.154. The molecule has 6 nitrogen and oxygen atoms in total. The topological polar surface area (TPSA) is 77.3 Å². The largest absolute Gasteiger partial charge is 0.439 e. The summed E-state index contributed by atoms with van der Waals surface area (Å²) < 4.78 is 18.8. The molecule has 0 amide bonds. The summed E-state index contributed by atoms with van der Waals surface area (Å²) in [5, 5.41) is 13.5. The molecule has 104 valence electrons. The first-order chi connectivity index (χ1) is 9.60. The summed E-state index contributed by atoms with van der Waals surface area (Å²) in [7, 11) is 1.82. The van der Waals surface area contributed by atoms with Gasteiger partial charge in [0.15, 0.2) is 0 Å². The van der Waals surface area contributed by atoms with Crippen LogP contribution in [-0.4, -0.2) is 17.0 Å². The number of pyridine rings is 1. The summed E-state index contributed by atoms with van der Waals surface area (Å²) in [5.74, 6) is -0.501. The van der Waals surface area contributed by atoms with E-state index in [1.165, 1.54) is 6.07 Å². The minimum Gasteiger partial charge on any atom is -0.439 e. The zero-order valence-corrected chi connectivity index (χ0v) is 10.7. The molecule has 1 aromatic carbocycles. The Labute approximate surface area is 114 Å². The molecule has 20 heavy (non-hydrogen) atoms. The number of nitrogens with one attached hydrogen (secondary N) is 1. The van der Waals surface area contributed by atoms with E-state index in [0.29, 0.717) is 6.54 Å². The Morgan fingerprint density at radius 2 is 2.20 bits per heavy atom. The molecule has 0 aliphatic heterocycles. The average Bonchev–Trinajstić information content (AvgIpc) is 2.41. The van der Waals surface area contributed by atoms with Gasteiger partial charge in [0.2, 0.25) is 11.7 Å². The predicted molar refractivity (Wildman–Crippen MR) is 70.1 cm³/mol. The number of nitrogens with zero attached hydrogens (tertiary/aromatic N) is 2. The van der Waals surface area contributed by atoms with Gasteiger partial charge in [-0.2, -0.15) is 4.39 Å². The molecule has 0 spiro atoms. The van der Waals surface area contributed by atoms with Crippen LogP contribution in [0.2, 0.25) is 0 Å². The lowest BCUT2D eigenvalue weighted by Crippen LogP contribution is -2.05. The average molecular weight is 277 g/mol. The van der Waals surface area contributed by atoms with Gasteiger partial charge in [-0.15, -0.1) is 0 Å². The Balaban J connectivity index is 2.13. The standard InChI is InChI=1S/C13H12FN3O3/c1-15-7-9-2-5-13(16-8-9)20-10-3-4-12(17(18)19)11(14)6-10/h2-6,8,15H,7H2,1H3. The number of nitro benzene ring substituents is 1. The number of hydrogen-bond donors (Lipinski definition) is 1. The van der Waals surface area contributed by atoms with Crippen LogP contribution >= 0.6 is 0 Å². The van der Waals surface area contributed by atoms with Crippen molar-refractivity contribution in [3.05, 3.63) is 58.0 Å². The van der Waals surface area contributed by atoms with Gasteiger partial charge in [0.25, 0.3) is 0 Å². The molecule has 2 aromatic rings. The first kappa shape index (κ1) is 13.9. The highest BCUT2D eigenvalue weighted by Crippen LogP contribution is 2.25. The molecular formula is C13H12FN3O3. The van der Waals surface area contributed by atoms with Crippen LogP contribution in [0.5, 0.6) is 11.6 Å². The van der Waals surface area contributed by atoms with Crippen molar-refractivity contribution in [2.75, 3.05) is 7.05 Å². The van der Waals surface area contributed by atoms with E-state index >= 15 is 0 Å². The fourth-order valence-corrected chi connectivity index (χ4v) is 1.60. The quantitative estimate of drug-likeness (QED) is 0.671. The molecule has 0 saturated carbocycles. The Morgan fingerprint density at radius 3 is 2.75 bits per heavy atom. The highest BCUT2D eigenvalue weighted by Gasteiger charge is 2.14. The summed E-state index contributed by atoms with van der Waals surface area (Å²) in [6, 6.07) is 6.80. The molecule has 0 aliphatic rings. The predicted octanol–water partition coefficient (Wildman–Crippen LogP) is 2.64. The molecule has 7 heteroatoms. The lowest BCUT2D eigenvalue weighted by Gasteiger charge is -2.06. The Bertz CT molecular complexity index is 617. The molecule has 1 N–H and O–H groups in total. The normalized spacial score (nSPS) is 10.3. The number of benzene rings is 1. The van der Waals surface area contributed by atoms with Gasteiger partial charge in [-0.25, -0.2) is 4.98 Å². The minimum atomic E-state index is -0.945. The highest BCUT2D eigenvalue weighted by atomic mass is 19.1. The van der Waals surface area contributed by atoms with E-state index in [2.05, 4.69) is 10.3 Å². The van der Waals surface area contributed by atoms with Gasteiger partial charge >= 0.3 is 5.69 Å². The lowest BCUT2D eigenvalue weighted by molar-refractivity contribution is -0.387. The third-order valence-corrected chi connectivity index (χ3v) is 2.52. The van der Waals surface area contributed by atoms with Crippen molar-refractivity contribution in [3.63, 3.8) is 0 Å². The molecule has 0 fully saturated rings. The summed E-state index contributed by atoms with van der Waals surface area (Å²) in [6.07, 6.45) is 1.63. The molecular weight excluding hydrogens is 265 g/mol. The van der Waals surface area contributed by atoms with Crippen molar-refractivity contribution < 1.29 is 14.1 Å². The number of halogens is 1. The monoisotopic (exact) mass is 277 g/mol. The van der Waals surface area contributed by atoms with Gasteiger partial charge in [0.1, 0.15) is 5.75 Å². The van der Waals surface area contributed by atoms with Gasteiger partial charge in [-0.1, -0.05) is 6.07 Å². The number of ether oxygens (including phenoxy) is 1. The second-order valence-electron chi connectivity index (χ2n) is 4.01.